The minimum atomic E-state index is 0.0139. The number of aromatic nitrogens is 6. The van der Waals surface area contributed by atoms with Crippen LogP contribution in [0.3, 0.4) is 0 Å². The quantitative estimate of drug-likeness (QED) is 0.0636. The van der Waals surface area contributed by atoms with Crippen molar-refractivity contribution in [1.82, 2.24) is 28.7 Å². The van der Waals surface area contributed by atoms with Crippen LogP contribution in [0.1, 0.15) is 99.1 Å². The first kappa shape index (κ1) is 57.2. The molecule has 12 aromatic rings. The second kappa shape index (κ2) is 25.5. The summed E-state index contributed by atoms with van der Waals surface area (Å²) in [6.45, 7) is 10.9. The van der Waals surface area contributed by atoms with Gasteiger partial charge in [0.15, 0.2) is 0 Å². The van der Waals surface area contributed by atoms with Gasteiger partial charge < -0.3 is 19.0 Å². The summed E-state index contributed by atoms with van der Waals surface area (Å²) in [5.41, 5.74) is 22.6. The first-order chi connectivity index (χ1) is 42.0. The monoisotopic (exact) mass is 1140 g/mol. The first-order valence-corrected chi connectivity index (χ1v) is 30.4. The Labute approximate surface area is 505 Å². The lowest BCUT2D eigenvalue weighted by atomic mass is 9.98. The molecule has 4 heterocycles. The van der Waals surface area contributed by atoms with Gasteiger partial charge in [-0.1, -0.05) is 110 Å². The lowest BCUT2D eigenvalue weighted by Crippen LogP contribution is -2.05. The van der Waals surface area contributed by atoms with Gasteiger partial charge in [0.25, 0.3) is 0 Å². The van der Waals surface area contributed by atoms with Crippen LogP contribution in [0.5, 0.6) is 11.5 Å². The molecule has 0 unspecified atom stereocenters. The predicted molar refractivity (Wildman–Crippen MR) is 349 cm³/mol. The van der Waals surface area contributed by atoms with Gasteiger partial charge >= 0.3 is 0 Å². The van der Waals surface area contributed by atoms with Crippen LogP contribution in [0, 0.1) is 34.6 Å². The minimum Gasteiger partial charge on any atom is -0.497 e. The molecule has 4 aromatic heterocycles. The maximum atomic E-state index is 9.64. The second-order valence-electron chi connectivity index (χ2n) is 23.2. The molecule has 0 spiro atoms. The molecule has 0 fully saturated rings. The highest BCUT2D eigenvalue weighted by atomic mass is 16.5. The fraction of sp³-hybridized carbons (Fsp3) is 0.250. The number of ether oxygens (including phenoxy) is 2. The molecule has 0 aliphatic heterocycles. The largest absolute Gasteiger partial charge is 0.497 e. The molecule has 0 aliphatic rings. The predicted octanol–water partition coefficient (Wildman–Crippen LogP) is 17.5. The van der Waals surface area contributed by atoms with Crippen LogP contribution in [0.4, 0.5) is 0 Å². The van der Waals surface area contributed by atoms with E-state index in [2.05, 4.69) is 182 Å². The van der Waals surface area contributed by atoms with Crippen molar-refractivity contribution < 1.29 is 19.0 Å². The van der Waals surface area contributed by atoms with E-state index < -0.39 is 0 Å². The van der Waals surface area contributed by atoms with Gasteiger partial charge in [-0.15, -0.1) is 0 Å². The highest BCUT2D eigenvalue weighted by Gasteiger charge is 2.20. The topological polar surface area (TPSA) is 105 Å². The van der Waals surface area contributed by atoms with Gasteiger partial charge in [-0.05, 0) is 208 Å². The number of aryl methyl sites for hydroxylation is 11. The Morgan fingerprint density at radius 2 is 0.919 bits per heavy atom. The molecule has 0 radical (unpaired) electrons. The fourth-order valence-corrected chi connectivity index (χ4v) is 12.7. The van der Waals surface area contributed by atoms with E-state index in [1.165, 1.54) is 55.9 Å². The molecule has 0 saturated carbocycles. The summed E-state index contributed by atoms with van der Waals surface area (Å²) < 4.78 is 24.8. The molecule has 8 aromatic carbocycles. The highest BCUT2D eigenvalue weighted by molar-refractivity contribution is 6.05. The number of rotatable bonds is 23. The van der Waals surface area contributed by atoms with Gasteiger partial charge in [-0.3, -0.25) is 13.7 Å². The van der Waals surface area contributed by atoms with Crippen molar-refractivity contribution in [3.05, 3.63) is 250 Å². The Morgan fingerprint density at radius 3 is 1.48 bits per heavy atom. The zero-order valence-corrected chi connectivity index (χ0v) is 50.7. The van der Waals surface area contributed by atoms with Gasteiger partial charge in [0.05, 0.1) is 49.3 Å². The van der Waals surface area contributed by atoms with Crippen molar-refractivity contribution in [2.24, 2.45) is 0 Å². The van der Waals surface area contributed by atoms with Crippen molar-refractivity contribution >= 4 is 21.9 Å². The van der Waals surface area contributed by atoms with E-state index in [9.17, 15) is 5.11 Å². The lowest BCUT2D eigenvalue weighted by molar-refractivity contribution is 0.282. The zero-order valence-electron chi connectivity index (χ0n) is 50.7. The smallest absolute Gasteiger partial charge is 0.144 e. The van der Waals surface area contributed by atoms with Crippen molar-refractivity contribution in [2.75, 3.05) is 14.2 Å². The number of unbranched alkanes of at least 4 members (excludes halogenated alkanes) is 4. The third-order valence-electron chi connectivity index (χ3n) is 17.2. The molecule has 10 nitrogen and oxygen atoms in total. The van der Waals surface area contributed by atoms with Gasteiger partial charge in [-0.25, -0.2) is 15.0 Å². The van der Waals surface area contributed by atoms with E-state index in [-0.39, 0.29) is 6.61 Å². The van der Waals surface area contributed by atoms with Gasteiger partial charge in [0.2, 0.25) is 0 Å². The van der Waals surface area contributed by atoms with Crippen molar-refractivity contribution in [3.8, 4) is 62.7 Å². The summed E-state index contributed by atoms with van der Waals surface area (Å²) in [7, 11) is 3.47. The number of benzene rings is 8. The molecule has 10 heteroatoms. The third-order valence-corrected chi connectivity index (χ3v) is 17.2. The molecule has 12 rings (SSSR count). The maximum Gasteiger partial charge on any atom is 0.144 e. The number of methoxy groups -OCH3 is 2. The molecular formula is C76H76N6O4. The second-order valence-corrected chi connectivity index (χ2v) is 23.2. The molecular weight excluding hydrogens is 1060 g/mol. The average molecular weight is 1140 g/mol. The SMILES string of the molecule is COc1ccc(-c2nc(CCCCCCCc3cn(-c4c(C)cccc4C)c(-c4ccc(OC)c(CCc5ccc6oc7ccc(CCc8cccc(C)c8-n8ccnc8-c8ccc(CO)cc8)cc7c6c5)c4)n3)cn2-c2c(C)cccc2C)cc1. The molecule has 0 saturated heterocycles. The Hall–Kier alpha value is -9.25. The van der Waals surface area contributed by atoms with Crippen LogP contribution < -0.4 is 9.47 Å². The van der Waals surface area contributed by atoms with Crippen LogP contribution in [0.25, 0.3) is 73.2 Å². The number of furan rings is 1. The molecule has 1 N–H and O–H groups in total. The lowest BCUT2D eigenvalue weighted by Gasteiger charge is -2.16. The maximum absolute atomic E-state index is 9.64. The molecule has 86 heavy (non-hydrogen) atoms. The first-order valence-electron chi connectivity index (χ1n) is 30.4. The Bertz CT molecular complexity index is 4310. The van der Waals surface area contributed by atoms with E-state index >= 15 is 0 Å². The van der Waals surface area contributed by atoms with E-state index in [4.69, 9.17) is 28.8 Å². The minimum absolute atomic E-state index is 0.0139. The summed E-state index contributed by atoms with van der Waals surface area (Å²) in [5.74, 6) is 4.51. The molecule has 0 amide bonds. The number of para-hydroxylation sites is 3. The van der Waals surface area contributed by atoms with Crippen molar-refractivity contribution in [1.29, 1.82) is 0 Å². The number of hydrogen-bond donors (Lipinski definition) is 1. The Balaban J connectivity index is 0.721. The van der Waals surface area contributed by atoms with Crippen molar-refractivity contribution in [2.45, 2.75) is 112 Å². The van der Waals surface area contributed by atoms with Crippen LogP contribution in [0.2, 0.25) is 0 Å². The summed E-state index contributed by atoms with van der Waals surface area (Å²) in [5, 5.41) is 11.9. The van der Waals surface area contributed by atoms with Crippen LogP contribution in [-0.2, 0) is 45.1 Å². The van der Waals surface area contributed by atoms with Gasteiger partial charge in [-0.2, -0.15) is 0 Å². The number of imidazole rings is 3. The van der Waals surface area contributed by atoms with Crippen LogP contribution in [0.15, 0.2) is 187 Å². The average Bonchev–Trinajstić information content (AvgIpc) is 3.81. The fourth-order valence-electron chi connectivity index (χ4n) is 12.7. The summed E-state index contributed by atoms with van der Waals surface area (Å²) in [4.78, 5) is 15.4. The van der Waals surface area contributed by atoms with E-state index in [0.717, 1.165) is 166 Å². The van der Waals surface area contributed by atoms with E-state index in [1.807, 2.05) is 48.8 Å². The summed E-state index contributed by atoms with van der Waals surface area (Å²) in [6.07, 6.45) is 19.2. The van der Waals surface area contributed by atoms with Crippen molar-refractivity contribution in [3.63, 3.8) is 0 Å². The number of aliphatic hydroxyl groups excluding tert-OH is 1. The summed E-state index contributed by atoms with van der Waals surface area (Å²) >= 11 is 0. The number of aliphatic hydroxyl groups is 1. The zero-order chi connectivity index (χ0) is 59.3. The van der Waals surface area contributed by atoms with Crippen LogP contribution >= 0.6 is 0 Å². The van der Waals surface area contributed by atoms with E-state index in [1.54, 1.807) is 14.2 Å². The molecule has 0 bridgehead atoms. The Morgan fingerprint density at radius 1 is 0.430 bits per heavy atom. The van der Waals surface area contributed by atoms with E-state index in [0.29, 0.717) is 0 Å². The van der Waals surface area contributed by atoms with Crippen LogP contribution in [-0.4, -0.2) is 48.0 Å². The number of hydrogen-bond acceptors (Lipinski definition) is 7. The molecule has 0 aliphatic carbocycles. The van der Waals surface area contributed by atoms with Gasteiger partial charge in [0, 0.05) is 52.3 Å². The molecule has 434 valence electrons. The third kappa shape index (κ3) is 12.0. The Kier molecular flexibility index (Phi) is 17.0. The molecule has 0 atom stereocenters. The number of fused-ring (bicyclic) bond motifs is 3. The standard InChI is InChI=1S/C76H76N6O4/c1-50-16-13-17-51(2)71(50)81-47-63(78-75(81)60-34-37-65(84-6)38-35-60)22-11-9-8-10-12-23-64-48-82(72-52(3)18-14-19-53(72)4)76(79-64)62-36-41-68(85-7)61(46-62)33-25-56-29-40-70-67(45-56)66-44-55(28-39-69(66)86-70)24-30-58-21-15-20-54(5)73(58)80-43-42-77-74(80)59-31-26-57(49-83)27-32-59/h13-21,26-29,31-32,34-48,83H,8-12,22-25,30,33,49H2,1-7H3. The normalized spacial score (nSPS) is 11.6. The highest BCUT2D eigenvalue weighted by Crippen LogP contribution is 2.36. The van der Waals surface area contributed by atoms with Gasteiger partial charge in [0.1, 0.15) is 40.1 Å². The number of nitrogens with zero attached hydrogens (tertiary/aromatic N) is 6. The summed E-state index contributed by atoms with van der Waals surface area (Å²) in [6, 6.07) is 55.6.